The lowest BCUT2D eigenvalue weighted by molar-refractivity contribution is -0.184. The van der Waals surface area contributed by atoms with Crippen LogP contribution >= 0.6 is 0 Å². The summed E-state index contributed by atoms with van der Waals surface area (Å²) >= 11 is 0. The van der Waals surface area contributed by atoms with Gasteiger partial charge in [0.1, 0.15) is 42.7 Å². The molecule has 3 N–H and O–H groups in total. The summed E-state index contributed by atoms with van der Waals surface area (Å²) in [6.07, 6.45) is -3.43. The minimum absolute atomic E-state index is 0.000771. The van der Waals surface area contributed by atoms with Crippen LogP contribution in [0.2, 0.25) is 0 Å². The van der Waals surface area contributed by atoms with Crippen LogP contribution < -0.4 is 0 Å². The highest BCUT2D eigenvalue weighted by atomic mass is 16.6. The summed E-state index contributed by atoms with van der Waals surface area (Å²) in [6.45, 7) is 2.00. The van der Waals surface area contributed by atoms with Crippen molar-refractivity contribution in [1.82, 2.24) is 0 Å². The van der Waals surface area contributed by atoms with E-state index in [1.54, 1.807) is 0 Å². The van der Waals surface area contributed by atoms with Crippen molar-refractivity contribution < 1.29 is 43.7 Å². The smallest absolute Gasteiger partial charge is 0.115 e. The topological polar surface area (TPSA) is 126 Å². The monoisotopic (exact) mass is 350 g/mol. The fourth-order valence-corrected chi connectivity index (χ4v) is 2.35. The van der Waals surface area contributed by atoms with E-state index in [9.17, 15) is 15.3 Å². The minimum atomic E-state index is -1.16. The van der Waals surface area contributed by atoms with E-state index in [0.29, 0.717) is 33.0 Å². The second kappa shape index (κ2) is 8.84. The highest BCUT2D eigenvalue weighted by Gasteiger charge is 2.40. The summed E-state index contributed by atoms with van der Waals surface area (Å²) in [5, 5.41) is 29.2. The average Bonchev–Trinajstić information content (AvgIpc) is 3.45. The van der Waals surface area contributed by atoms with Crippen molar-refractivity contribution in [3.63, 3.8) is 0 Å². The zero-order valence-electron chi connectivity index (χ0n) is 13.5. The Bertz CT molecular complexity index is 370. The predicted octanol–water partition coefficient (Wildman–Crippen LogP) is -2.32. The molecule has 0 amide bonds. The first-order valence-corrected chi connectivity index (χ1v) is 8.30. The van der Waals surface area contributed by atoms with Crippen LogP contribution in [0, 0.1) is 0 Å². The summed E-state index contributed by atoms with van der Waals surface area (Å²) in [5.74, 6) is 0. The van der Waals surface area contributed by atoms with Gasteiger partial charge in [0.05, 0.1) is 52.9 Å². The Morgan fingerprint density at radius 3 is 1.62 bits per heavy atom. The van der Waals surface area contributed by atoms with Crippen LogP contribution in [0.3, 0.4) is 0 Å². The maximum atomic E-state index is 10.1. The maximum absolute atomic E-state index is 10.1. The summed E-state index contributed by atoms with van der Waals surface area (Å²) < 4.78 is 32.6. The molecule has 24 heavy (non-hydrogen) atoms. The molecule has 0 spiro atoms. The molecule has 3 aliphatic rings. The molecule has 3 fully saturated rings. The zero-order chi connectivity index (χ0) is 16.9. The largest absolute Gasteiger partial charge is 0.394 e. The zero-order valence-corrected chi connectivity index (χ0v) is 13.5. The van der Waals surface area contributed by atoms with E-state index >= 15 is 0 Å². The van der Waals surface area contributed by atoms with E-state index in [0.717, 1.165) is 0 Å². The van der Waals surface area contributed by atoms with Gasteiger partial charge in [0.2, 0.25) is 0 Å². The van der Waals surface area contributed by atoms with Crippen LogP contribution in [0.25, 0.3) is 0 Å². The summed E-state index contributed by atoms with van der Waals surface area (Å²) in [4.78, 5) is 0. The van der Waals surface area contributed by atoms with Crippen molar-refractivity contribution in [3.8, 4) is 0 Å². The first kappa shape index (κ1) is 18.4. The lowest BCUT2D eigenvalue weighted by Gasteiger charge is -2.34. The molecule has 0 radical (unpaired) electrons. The molecule has 0 aliphatic carbocycles. The second-order valence-corrected chi connectivity index (χ2v) is 6.27. The second-order valence-electron chi connectivity index (χ2n) is 6.27. The van der Waals surface area contributed by atoms with Crippen LogP contribution in [-0.4, -0.2) is 111 Å². The first-order chi connectivity index (χ1) is 11.7. The molecule has 7 atom stereocenters. The summed E-state index contributed by atoms with van der Waals surface area (Å²) in [5.41, 5.74) is 0. The van der Waals surface area contributed by atoms with Crippen molar-refractivity contribution in [2.45, 2.75) is 42.7 Å². The summed E-state index contributed by atoms with van der Waals surface area (Å²) in [7, 11) is 0. The van der Waals surface area contributed by atoms with Gasteiger partial charge >= 0.3 is 0 Å². The van der Waals surface area contributed by atoms with E-state index in [-0.39, 0.29) is 31.5 Å². The Kier molecular flexibility index (Phi) is 6.79. The Balaban J connectivity index is 1.61. The molecule has 0 bridgehead atoms. The van der Waals surface area contributed by atoms with E-state index in [1.165, 1.54) is 0 Å². The standard InChI is InChI=1S/C15H26O9/c16-1-12(18)14(23-7-10-4-20-10)15(24-8-11-5-21-11)13(2-17)22-6-9-3-19-9/h9-18H,1-8H2/t9?,10?,11?,12-,13-,14-,15-/m1/s1. The van der Waals surface area contributed by atoms with Crippen LogP contribution in [0.5, 0.6) is 0 Å². The third-order valence-electron chi connectivity index (χ3n) is 4.09. The minimum Gasteiger partial charge on any atom is -0.394 e. The van der Waals surface area contributed by atoms with Gasteiger partial charge in [-0.05, 0) is 0 Å². The first-order valence-electron chi connectivity index (χ1n) is 8.30. The van der Waals surface area contributed by atoms with Gasteiger partial charge in [0.15, 0.2) is 0 Å². The number of aliphatic hydroxyl groups excluding tert-OH is 3. The molecule has 3 unspecified atom stereocenters. The van der Waals surface area contributed by atoms with E-state index in [2.05, 4.69) is 0 Å². The number of aliphatic hydroxyl groups is 3. The number of epoxide rings is 3. The third kappa shape index (κ3) is 5.87. The highest BCUT2D eigenvalue weighted by molar-refractivity contribution is 4.87. The summed E-state index contributed by atoms with van der Waals surface area (Å²) in [6, 6.07) is 0. The van der Waals surface area contributed by atoms with Gasteiger partial charge in [-0.3, -0.25) is 0 Å². The fourth-order valence-electron chi connectivity index (χ4n) is 2.35. The molecule has 0 aromatic carbocycles. The molecule has 9 heteroatoms. The molecule has 0 aromatic rings. The quantitative estimate of drug-likeness (QED) is 0.296. The number of hydrogen-bond acceptors (Lipinski definition) is 9. The van der Waals surface area contributed by atoms with E-state index in [4.69, 9.17) is 28.4 Å². The predicted molar refractivity (Wildman–Crippen MR) is 78.6 cm³/mol. The molecular weight excluding hydrogens is 324 g/mol. The molecule has 3 aliphatic heterocycles. The van der Waals surface area contributed by atoms with E-state index < -0.39 is 31.0 Å². The maximum Gasteiger partial charge on any atom is 0.115 e. The number of hydrogen-bond donors (Lipinski definition) is 3. The third-order valence-corrected chi connectivity index (χ3v) is 4.09. The Morgan fingerprint density at radius 1 is 0.750 bits per heavy atom. The van der Waals surface area contributed by atoms with Gasteiger partial charge in [0, 0.05) is 0 Å². The van der Waals surface area contributed by atoms with Crippen molar-refractivity contribution in [2.24, 2.45) is 0 Å². The van der Waals surface area contributed by atoms with Gasteiger partial charge in [-0.25, -0.2) is 0 Å². The fraction of sp³-hybridized carbons (Fsp3) is 1.00. The number of ether oxygens (including phenoxy) is 6. The normalized spacial score (nSPS) is 32.9. The molecule has 3 rings (SSSR count). The SMILES string of the molecule is OC[C@@H](O)[C@@H](OCC1CO1)[C@H](OCC1CO1)[C@@H](CO)OCC1CO1. The molecular formula is C15H26O9. The molecule has 140 valence electrons. The lowest BCUT2D eigenvalue weighted by atomic mass is 10.0. The van der Waals surface area contributed by atoms with Gasteiger partial charge < -0.3 is 43.7 Å². The van der Waals surface area contributed by atoms with E-state index in [1.807, 2.05) is 0 Å². The molecule has 3 heterocycles. The Hall–Kier alpha value is -0.360. The highest BCUT2D eigenvalue weighted by Crippen LogP contribution is 2.22. The molecule has 3 saturated heterocycles. The molecule has 0 aromatic heterocycles. The van der Waals surface area contributed by atoms with Crippen molar-refractivity contribution in [2.75, 3.05) is 52.9 Å². The van der Waals surface area contributed by atoms with Crippen molar-refractivity contribution >= 4 is 0 Å². The van der Waals surface area contributed by atoms with Gasteiger partial charge in [-0.1, -0.05) is 0 Å². The van der Waals surface area contributed by atoms with Crippen LogP contribution in [-0.2, 0) is 28.4 Å². The Labute approximate surface area is 140 Å². The van der Waals surface area contributed by atoms with Gasteiger partial charge in [-0.2, -0.15) is 0 Å². The Morgan fingerprint density at radius 2 is 1.21 bits per heavy atom. The van der Waals surface area contributed by atoms with Crippen molar-refractivity contribution in [1.29, 1.82) is 0 Å². The van der Waals surface area contributed by atoms with Crippen molar-refractivity contribution in [3.05, 3.63) is 0 Å². The van der Waals surface area contributed by atoms with Crippen LogP contribution in [0.1, 0.15) is 0 Å². The lowest BCUT2D eigenvalue weighted by Crippen LogP contribution is -2.52. The van der Waals surface area contributed by atoms with Crippen LogP contribution in [0.15, 0.2) is 0 Å². The van der Waals surface area contributed by atoms with Gasteiger partial charge in [-0.15, -0.1) is 0 Å². The number of rotatable bonds is 14. The molecule has 0 saturated carbocycles. The van der Waals surface area contributed by atoms with Gasteiger partial charge in [0.25, 0.3) is 0 Å². The molecule has 9 nitrogen and oxygen atoms in total. The van der Waals surface area contributed by atoms with Crippen LogP contribution in [0.4, 0.5) is 0 Å². The average molecular weight is 350 g/mol.